The molecule has 0 radical (unpaired) electrons. The van der Waals surface area contributed by atoms with Crippen LogP contribution in [0, 0.1) is 5.41 Å². The molecule has 0 bridgehead atoms. The maximum absolute atomic E-state index is 10.9. The molecule has 22 heavy (non-hydrogen) atoms. The quantitative estimate of drug-likeness (QED) is 0.380. The van der Waals surface area contributed by atoms with Gasteiger partial charge in [-0.25, -0.2) is 0 Å². The SMILES string of the molecule is CCC(CO)(CO)CCCO.CCCCCC(=O)OCCC. The highest BCUT2D eigenvalue weighted by Crippen LogP contribution is 2.26. The van der Waals surface area contributed by atoms with Crippen LogP contribution in [0.4, 0.5) is 0 Å². The molecule has 0 rings (SSSR count). The van der Waals surface area contributed by atoms with E-state index in [9.17, 15) is 4.79 Å². The summed E-state index contributed by atoms with van der Waals surface area (Å²) < 4.78 is 4.90. The number of aliphatic hydroxyl groups is 3. The van der Waals surface area contributed by atoms with E-state index in [0.717, 1.165) is 32.1 Å². The van der Waals surface area contributed by atoms with E-state index in [2.05, 4.69) is 6.92 Å². The first-order chi connectivity index (χ1) is 10.6. The number of hydrogen-bond acceptors (Lipinski definition) is 5. The number of ether oxygens (including phenoxy) is 1. The summed E-state index contributed by atoms with van der Waals surface area (Å²) in [5.41, 5.74) is -0.372. The average Bonchev–Trinajstić information content (AvgIpc) is 2.56. The number of esters is 1. The van der Waals surface area contributed by atoms with E-state index in [1.807, 2.05) is 13.8 Å². The lowest BCUT2D eigenvalue weighted by Crippen LogP contribution is -2.29. The Morgan fingerprint density at radius 2 is 1.59 bits per heavy atom. The van der Waals surface area contributed by atoms with Gasteiger partial charge >= 0.3 is 5.97 Å². The molecule has 0 heterocycles. The number of carbonyl (C=O) groups is 1. The second-order valence-corrected chi connectivity index (χ2v) is 5.67. The molecule has 0 aromatic carbocycles. The van der Waals surface area contributed by atoms with E-state index < -0.39 is 0 Å². The Balaban J connectivity index is 0. The molecule has 134 valence electrons. The van der Waals surface area contributed by atoms with Crippen LogP contribution in [0.2, 0.25) is 0 Å². The highest BCUT2D eigenvalue weighted by molar-refractivity contribution is 5.69. The minimum absolute atomic E-state index is 0. The number of unbranched alkanes of at least 4 members (excludes halogenated alkanes) is 2. The molecule has 0 spiro atoms. The van der Waals surface area contributed by atoms with Gasteiger partial charge in [0.2, 0.25) is 0 Å². The van der Waals surface area contributed by atoms with Crippen LogP contribution in [-0.4, -0.2) is 47.7 Å². The van der Waals surface area contributed by atoms with Crippen molar-refractivity contribution in [3.63, 3.8) is 0 Å². The molecule has 0 aliphatic rings. The Hall–Kier alpha value is -0.650. The van der Waals surface area contributed by atoms with Gasteiger partial charge in [0, 0.05) is 18.4 Å². The summed E-state index contributed by atoms with van der Waals surface area (Å²) in [7, 11) is 0. The summed E-state index contributed by atoms with van der Waals surface area (Å²) in [5.74, 6) is -0.0414. The van der Waals surface area contributed by atoms with Crippen molar-refractivity contribution in [2.24, 2.45) is 5.41 Å². The molecule has 0 saturated carbocycles. The topological polar surface area (TPSA) is 87.0 Å². The normalized spacial score (nSPS) is 10.8. The maximum atomic E-state index is 10.9. The second kappa shape index (κ2) is 16.7. The van der Waals surface area contributed by atoms with Gasteiger partial charge in [-0.2, -0.15) is 0 Å². The monoisotopic (exact) mass is 320 g/mol. The zero-order chi connectivity index (χ0) is 17.3. The van der Waals surface area contributed by atoms with Crippen molar-refractivity contribution in [2.45, 2.75) is 72.1 Å². The molecule has 5 nitrogen and oxygen atoms in total. The lowest BCUT2D eigenvalue weighted by molar-refractivity contribution is -0.143. The molecule has 0 saturated heterocycles. The molecule has 3 N–H and O–H groups in total. The zero-order valence-corrected chi connectivity index (χ0v) is 14.6. The number of hydrogen-bond donors (Lipinski definition) is 3. The first-order valence-electron chi connectivity index (χ1n) is 8.53. The van der Waals surface area contributed by atoms with Gasteiger partial charge in [-0.15, -0.1) is 0 Å². The molecule has 0 fully saturated rings. The molecule has 0 aromatic heterocycles. The Morgan fingerprint density at radius 1 is 0.955 bits per heavy atom. The fraction of sp³-hybridized carbons (Fsp3) is 0.941. The first kappa shape index (κ1) is 23.6. The summed E-state index contributed by atoms with van der Waals surface area (Å²) in [6.45, 7) is 6.76. The van der Waals surface area contributed by atoms with Gasteiger partial charge in [0.05, 0.1) is 19.8 Å². The predicted molar refractivity (Wildman–Crippen MR) is 88.6 cm³/mol. The second-order valence-electron chi connectivity index (χ2n) is 5.67. The van der Waals surface area contributed by atoms with Crippen LogP contribution in [0.3, 0.4) is 0 Å². The van der Waals surface area contributed by atoms with E-state index >= 15 is 0 Å². The van der Waals surface area contributed by atoms with Crippen LogP contribution in [-0.2, 0) is 9.53 Å². The van der Waals surface area contributed by atoms with E-state index in [4.69, 9.17) is 20.1 Å². The molecule has 0 aromatic rings. The summed E-state index contributed by atoms with van der Waals surface area (Å²) in [6, 6.07) is 0. The minimum Gasteiger partial charge on any atom is -0.466 e. The third kappa shape index (κ3) is 13.0. The molecule has 0 unspecified atom stereocenters. The van der Waals surface area contributed by atoms with Crippen molar-refractivity contribution < 1.29 is 24.9 Å². The van der Waals surface area contributed by atoms with Crippen molar-refractivity contribution in [1.29, 1.82) is 0 Å². The summed E-state index contributed by atoms with van der Waals surface area (Å²) >= 11 is 0. The highest BCUT2D eigenvalue weighted by atomic mass is 16.5. The molecular formula is C17H36O5. The number of rotatable bonds is 12. The number of aliphatic hydroxyl groups excluding tert-OH is 3. The molecule has 5 heteroatoms. The fourth-order valence-electron chi connectivity index (χ4n) is 1.87. The summed E-state index contributed by atoms with van der Waals surface area (Å²) in [5, 5.41) is 26.5. The minimum atomic E-state index is -0.372. The lowest BCUT2D eigenvalue weighted by atomic mass is 9.82. The third-order valence-electron chi connectivity index (χ3n) is 3.74. The third-order valence-corrected chi connectivity index (χ3v) is 3.74. The van der Waals surface area contributed by atoms with E-state index in [0.29, 0.717) is 25.9 Å². The summed E-state index contributed by atoms with van der Waals surface area (Å²) in [6.07, 6.45) is 6.84. The zero-order valence-electron chi connectivity index (χ0n) is 14.6. The number of carbonyl (C=O) groups excluding carboxylic acids is 1. The van der Waals surface area contributed by atoms with Gasteiger partial charge in [-0.3, -0.25) is 4.79 Å². The molecule has 0 aliphatic heterocycles. The van der Waals surface area contributed by atoms with Gasteiger partial charge in [-0.05, 0) is 32.1 Å². The standard InChI is InChI=1S/C9H18O2.C8H18O3/c1-3-5-6-7-9(10)11-8-4-2;1-2-8(6-10,7-11)4-3-5-9/h3-8H2,1-2H3;9-11H,2-7H2,1H3. The molecule has 0 atom stereocenters. The Morgan fingerprint density at radius 3 is 2.00 bits per heavy atom. The van der Waals surface area contributed by atoms with Gasteiger partial charge in [0.15, 0.2) is 0 Å². The highest BCUT2D eigenvalue weighted by Gasteiger charge is 2.25. The van der Waals surface area contributed by atoms with E-state index in [1.54, 1.807) is 0 Å². The van der Waals surface area contributed by atoms with E-state index in [-0.39, 0.29) is 31.2 Å². The molecule has 0 aliphatic carbocycles. The molecular weight excluding hydrogens is 284 g/mol. The van der Waals surface area contributed by atoms with E-state index in [1.165, 1.54) is 0 Å². The van der Waals surface area contributed by atoms with Crippen LogP contribution in [0.25, 0.3) is 0 Å². The molecule has 0 amide bonds. The van der Waals surface area contributed by atoms with Gasteiger partial charge in [0.25, 0.3) is 0 Å². The van der Waals surface area contributed by atoms with Crippen LogP contribution in [0.15, 0.2) is 0 Å². The van der Waals surface area contributed by atoms with Gasteiger partial charge in [-0.1, -0.05) is 33.6 Å². The fourth-order valence-corrected chi connectivity index (χ4v) is 1.87. The lowest BCUT2D eigenvalue weighted by Gasteiger charge is -2.27. The predicted octanol–water partition coefficient (Wildman–Crippen LogP) is 2.66. The van der Waals surface area contributed by atoms with Crippen LogP contribution >= 0.6 is 0 Å². The Bertz CT molecular complexity index is 231. The smallest absolute Gasteiger partial charge is 0.305 e. The largest absolute Gasteiger partial charge is 0.466 e. The van der Waals surface area contributed by atoms with Crippen molar-refractivity contribution >= 4 is 5.97 Å². The summed E-state index contributed by atoms with van der Waals surface area (Å²) in [4.78, 5) is 10.9. The van der Waals surface area contributed by atoms with Crippen molar-refractivity contribution in [2.75, 3.05) is 26.4 Å². The maximum Gasteiger partial charge on any atom is 0.305 e. The van der Waals surface area contributed by atoms with Crippen LogP contribution in [0.1, 0.15) is 72.1 Å². The average molecular weight is 320 g/mol. The van der Waals surface area contributed by atoms with Crippen molar-refractivity contribution in [1.82, 2.24) is 0 Å². The van der Waals surface area contributed by atoms with Crippen LogP contribution in [0.5, 0.6) is 0 Å². The Labute approximate surface area is 135 Å². The van der Waals surface area contributed by atoms with Gasteiger partial charge < -0.3 is 20.1 Å². The van der Waals surface area contributed by atoms with Gasteiger partial charge in [0.1, 0.15) is 0 Å². The van der Waals surface area contributed by atoms with Crippen molar-refractivity contribution in [3.8, 4) is 0 Å². The van der Waals surface area contributed by atoms with Crippen LogP contribution < -0.4 is 0 Å². The first-order valence-corrected chi connectivity index (χ1v) is 8.53. The van der Waals surface area contributed by atoms with Crippen molar-refractivity contribution in [3.05, 3.63) is 0 Å². The Kier molecular flexibility index (Phi) is 17.9.